The highest BCUT2D eigenvalue weighted by molar-refractivity contribution is 7.79. The van der Waals surface area contributed by atoms with Gasteiger partial charge in [0.15, 0.2) is 0 Å². The van der Waals surface area contributed by atoms with Crippen LogP contribution in [0.1, 0.15) is 5.69 Å². The molecule has 11 heavy (non-hydrogen) atoms. The van der Waals surface area contributed by atoms with Crippen LogP contribution in [-0.4, -0.2) is 14.7 Å². The number of hydrogen-bond donors (Lipinski definition) is 1. The normalized spacial score (nSPS) is 10.0. The summed E-state index contributed by atoms with van der Waals surface area (Å²) in [7, 11) is 1.65. The summed E-state index contributed by atoms with van der Waals surface area (Å²) in [6.07, 6.45) is 1.23. The van der Waals surface area contributed by atoms with E-state index < -0.39 is 4.92 Å². The first-order valence-electron chi connectivity index (χ1n) is 2.93. The number of aryl methyl sites for hydroxylation is 1. The third-order valence-electron chi connectivity index (χ3n) is 1.39. The standard InChI is InChI=1S/C5H7N3O2S/c1-7-5(3-11)4(2-6-7)8(9)10/h2,11H,3H2,1H3. The van der Waals surface area contributed by atoms with Crippen LogP contribution in [0.25, 0.3) is 0 Å². The van der Waals surface area contributed by atoms with Crippen LogP contribution >= 0.6 is 12.6 Å². The van der Waals surface area contributed by atoms with E-state index in [1.54, 1.807) is 7.05 Å². The van der Waals surface area contributed by atoms with Gasteiger partial charge in [-0.2, -0.15) is 17.7 Å². The Bertz CT molecular complexity index is 283. The molecule has 1 heterocycles. The third kappa shape index (κ3) is 1.35. The molecular formula is C5H7N3O2S. The number of rotatable bonds is 2. The zero-order valence-corrected chi connectivity index (χ0v) is 6.78. The summed E-state index contributed by atoms with van der Waals surface area (Å²) in [5.74, 6) is 0.326. The minimum Gasteiger partial charge on any atom is -0.265 e. The van der Waals surface area contributed by atoms with Crippen molar-refractivity contribution in [3.8, 4) is 0 Å². The second-order valence-electron chi connectivity index (χ2n) is 2.02. The van der Waals surface area contributed by atoms with Gasteiger partial charge in [0, 0.05) is 12.8 Å². The molecular weight excluding hydrogens is 166 g/mol. The molecule has 0 fully saturated rings. The quantitative estimate of drug-likeness (QED) is 0.408. The van der Waals surface area contributed by atoms with Gasteiger partial charge in [0.1, 0.15) is 11.9 Å². The van der Waals surface area contributed by atoms with Crippen molar-refractivity contribution in [2.45, 2.75) is 5.75 Å². The summed E-state index contributed by atoms with van der Waals surface area (Å²) in [6, 6.07) is 0. The first kappa shape index (κ1) is 8.06. The fourth-order valence-electron chi connectivity index (χ4n) is 0.787. The summed E-state index contributed by atoms with van der Waals surface area (Å²) < 4.78 is 1.45. The predicted octanol–water partition coefficient (Wildman–Crippen LogP) is 0.758. The van der Waals surface area contributed by atoms with Crippen LogP contribution in [0.5, 0.6) is 0 Å². The topological polar surface area (TPSA) is 61.0 Å². The molecule has 0 spiro atoms. The van der Waals surface area contributed by atoms with Crippen molar-refractivity contribution in [1.82, 2.24) is 9.78 Å². The predicted molar refractivity (Wildman–Crippen MR) is 42.6 cm³/mol. The van der Waals surface area contributed by atoms with Crippen molar-refractivity contribution in [3.05, 3.63) is 22.0 Å². The molecule has 1 rings (SSSR count). The first-order valence-corrected chi connectivity index (χ1v) is 3.56. The molecule has 1 aromatic heterocycles. The van der Waals surface area contributed by atoms with Gasteiger partial charge in [-0.15, -0.1) is 0 Å². The Morgan fingerprint density at radius 3 is 2.91 bits per heavy atom. The van der Waals surface area contributed by atoms with Crippen LogP contribution in [-0.2, 0) is 12.8 Å². The Kier molecular flexibility index (Phi) is 2.13. The molecule has 0 bridgehead atoms. The van der Waals surface area contributed by atoms with Gasteiger partial charge in [0.05, 0.1) is 4.92 Å². The van der Waals surface area contributed by atoms with Crippen molar-refractivity contribution in [2.75, 3.05) is 0 Å². The second kappa shape index (κ2) is 2.91. The Hall–Kier alpha value is -1.04. The molecule has 0 aliphatic carbocycles. The van der Waals surface area contributed by atoms with Crippen molar-refractivity contribution < 1.29 is 4.92 Å². The van der Waals surface area contributed by atoms with Crippen LogP contribution in [0.15, 0.2) is 6.20 Å². The average molecular weight is 173 g/mol. The molecule has 60 valence electrons. The second-order valence-corrected chi connectivity index (χ2v) is 2.33. The number of nitro groups is 1. The van der Waals surface area contributed by atoms with Gasteiger partial charge in [-0.3, -0.25) is 14.8 Å². The fraction of sp³-hybridized carbons (Fsp3) is 0.400. The molecule has 0 saturated carbocycles. The van der Waals surface area contributed by atoms with Gasteiger partial charge in [0.25, 0.3) is 0 Å². The maximum atomic E-state index is 10.3. The van der Waals surface area contributed by atoms with Gasteiger partial charge >= 0.3 is 5.69 Å². The highest BCUT2D eigenvalue weighted by atomic mass is 32.1. The molecule has 0 aliphatic rings. The molecule has 0 atom stereocenters. The number of nitrogens with zero attached hydrogens (tertiary/aromatic N) is 3. The Labute approximate surface area is 68.6 Å². The van der Waals surface area contributed by atoms with E-state index >= 15 is 0 Å². The fourth-order valence-corrected chi connectivity index (χ4v) is 1.15. The summed E-state index contributed by atoms with van der Waals surface area (Å²) >= 11 is 3.94. The summed E-state index contributed by atoms with van der Waals surface area (Å²) in [4.78, 5) is 9.85. The van der Waals surface area contributed by atoms with Crippen LogP contribution in [0, 0.1) is 10.1 Å². The van der Waals surface area contributed by atoms with E-state index in [0.29, 0.717) is 11.4 Å². The molecule has 1 aromatic rings. The molecule has 0 aromatic carbocycles. The lowest BCUT2D eigenvalue weighted by Crippen LogP contribution is -1.97. The molecule has 0 unspecified atom stereocenters. The van der Waals surface area contributed by atoms with E-state index in [1.807, 2.05) is 0 Å². The van der Waals surface area contributed by atoms with Crippen molar-refractivity contribution in [2.24, 2.45) is 7.05 Å². The lowest BCUT2D eigenvalue weighted by molar-refractivity contribution is -0.385. The molecule has 0 saturated heterocycles. The van der Waals surface area contributed by atoms with Crippen LogP contribution in [0.4, 0.5) is 5.69 Å². The highest BCUT2D eigenvalue weighted by Crippen LogP contribution is 2.17. The van der Waals surface area contributed by atoms with E-state index in [9.17, 15) is 10.1 Å². The Morgan fingerprint density at radius 2 is 2.55 bits per heavy atom. The molecule has 5 nitrogen and oxygen atoms in total. The lowest BCUT2D eigenvalue weighted by atomic mass is 10.4. The van der Waals surface area contributed by atoms with E-state index in [1.165, 1.54) is 10.9 Å². The Morgan fingerprint density at radius 1 is 1.91 bits per heavy atom. The van der Waals surface area contributed by atoms with Gasteiger partial charge in [-0.1, -0.05) is 0 Å². The molecule has 0 amide bonds. The highest BCUT2D eigenvalue weighted by Gasteiger charge is 2.16. The monoisotopic (exact) mass is 173 g/mol. The summed E-state index contributed by atoms with van der Waals surface area (Å²) in [5.41, 5.74) is 0.556. The molecule has 6 heteroatoms. The molecule has 0 aliphatic heterocycles. The lowest BCUT2D eigenvalue weighted by Gasteiger charge is -1.94. The van der Waals surface area contributed by atoms with E-state index in [2.05, 4.69) is 17.7 Å². The maximum absolute atomic E-state index is 10.3. The largest absolute Gasteiger partial charge is 0.311 e. The van der Waals surface area contributed by atoms with E-state index in [-0.39, 0.29) is 5.69 Å². The zero-order valence-electron chi connectivity index (χ0n) is 5.89. The third-order valence-corrected chi connectivity index (χ3v) is 1.69. The van der Waals surface area contributed by atoms with Gasteiger partial charge in [-0.25, -0.2) is 0 Å². The van der Waals surface area contributed by atoms with Crippen LogP contribution in [0.2, 0.25) is 0 Å². The summed E-state index contributed by atoms with van der Waals surface area (Å²) in [6.45, 7) is 0. The molecule has 0 radical (unpaired) electrons. The van der Waals surface area contributed by atoms with Crippen LogP contribution in [0.3, 0.4) is 0 Å². The van der Waals surface area contributed by atoms with Gasteiger partial charge < -0.3 is 0 Å². The van der Waals surface area contributed by atoms with E-state index in [0.717, 1.165) is 0 Å². The van der Waals surface area contributed by atoms with E-state index in [4.69, 9.17) is 0 Å². The number of aromatic nitrogens is 2. The minimum atomic E-state index is -0.460. The van der Waals surface area contributed by atoms with Crippen molar-refractivity contribution in [3.63, 3.8) is 0 Å². The number of hydrogen-bond acceptors (Lipinski definition) is 4. The average Bonchev–Trinajstić information content (AvgIpc) is 2.30. The number of thiol groups is 1. The van der Waals surface area contributed by atoms with Crippen molar-refractivity contribution in [1.29, 1.82) is 0 Å². The van der Waals surface area contributed by atoms with Gasteiger partial charge in [0.2, 0.25) is 0 Å². The Balaban J connectivity index is 3.15. The zero-order chi connectivity index (χ0) is 8.43. The maximum Gasteiger partial charge on any atom is 0.311 e. The van der Waals surface area contributed by atoms with Crippen molar-refractivity contribution >= 4 is 18.3 Å². The SMILES string of the molecule is Cn1ncc([N+](=O)[O-])c1CS. The van der Waals surface area contributed by atoms with Crippen LogP contribution < -0.4 is 0 Å². The summed E-state index contributed by atoms with van der Waals surface area (Å²) in [5, 5.41) is 14.0. The minimum absolute atomic E-state index is 0.0301. The van der Waals surface area contributed by atoms with Gasteiger partial charge in [-0.05, 0) is 0 Å². The smallest absolute Gasteiger partial charge is 0.265 e. The molecule has 0 N–H and O–H groups in total. The first-order chi connectivity index (χ1) is 5.16.